The quantitative estimate of drug-likeness (QED) is 0.832. The van der Waals surface area contributed by atoms with Crippen molar-refractivity contribution in [2.75, 3.05) is 18.9 Å². The molecule has 0 spiro atoms. The summed E-state index contributed by atoms with van der Waals surface area (Å²) in [5.74, 6) is 1.50. The van der Waals surface area contributed by atoms with Gasteiger partial charge in [0.2, 0.25) is 5.91 Å². The second-order valence-corrected chi connectivity index (χ2v) is 6.53. The summed E-state index contributed by atoms with van der Waals surface area (Å²) in [5.41, 5.74) is 0. The first-order valence-electron chi connectivity index (χ1n) is 7.76. The van der Waals surface area contributed by atoms with Crippen LogP contribution in [-0.4, -0.2) is 45.7 Å². The van der Waals surface area contributed by atoms with Crippen molar-refractivity contribution in [3.63, 3.8) is 0 Å². The lowest BCUT2D eigenvalue weighted by Crippen LogP contribution is -2.32. The Hall–Kier alpha value is -1.08. The monoisotopic (exact) mass is 310 g/mol. The zero-order valence-electron chi connectivity index (χ0n) is 12.2. The SMILES string of the molecule is O=C(CSc1nnc2n1CCCCC2)NC[C@@H]1CCCO1. The van der Waals surface area contributed by atoms with Crippen LogP contribution in [0.25, 0.3) is 0 Å². The molecule has 1 N–H and O–H groups in total. The normalized spacial score (nSPS) is 21.8. The summed E-state index contributed by atoms with van der Waals surface area (Å²) >= 11 is 1.48. The van der Waals surface area contributed by atoms with Crippen molar-refractivity contribution in [1.29, 1.82) is 0 Å². The second kappa shape index (κ2) is 7.26. The fraction of sp³-hybridized carbons (Fsp3) is 0.786. The van der Waals surface area contributed by atoms with E-state index in [-0.39, 0.29) is 12.0 Å². The lowest BCUT2D eigenvalue weighted by atomic mass is 10.2. The van der Waals surface area contributed by atoms with Gasteiger partial charge in [-0.3, -0.25) is 4.79 Å². The molecule has 0 bridgehead atoms. The molecule has 0 saturated carbocycles. The molecule has 21 heavy (non-hydrogen) atoms. The highest BCUT2D eigenvalue weighted by Gasteiger charge is 2.18. The molecule has 7 heteroatoms. The first-order valence-corrected chi connectivity index (χ1v) is 8.74. The van der Waals surface area contributed by atoms with Crippen molar-refractivity contribution in [2.24, 2.45) is 0 Å². The molecule has 2 aliphatic rings. The van der Waals surface area contributed by atoms with Gasteiger partial charge in [-0.15, -0.1) is 10.2 Å². The van der Waals surface area contributed by atoms with E-state index < -0.39 is 0 Å². The number of carbonyl (C=O) groups excluding carboxylic acids is 1. The van der Waals surface area contributed by atoms with E-state index in [9.17, 15) is 4.79 Å². The fourth-order valence-electron chi connectivity index (χ4n) is 2.78. The van der Waals surface area contributed by atoms with Crippen LogP contribution in [0.15, 0.2) is 5.16 Å². The summed E-state index contributed by atoms with van der Waals surface area (Å²) < 4.78 is 7.67. The molecular formula is C14H22N4O2S. The molecule has 0 aromatic carbocycles. The summed E-state index contributed by atoms with van der Waals surface area (Å²) in [6, 6.07) is 0. The van der Waals surface area contributed by atoms with Gasteiger partial charge in [-0.25, -0.2) is 0 Å². The molecule has 1 amide bonds. The van der Waals surface area contributed by atoms with Crippen LogP contribution in [0.1, 0.15) is 37.9 Å². The second-order valence-electron chi connectivity index (χ2n) is 5.59. The third-order valence-corrected chi connectivity index (χ3v) is 4.93. The van der Waals surface area contributed by atoms with Crippen molar-refractivity contribution >= 4 is 17.7 Å². The highest BCUT2D eigenvalue weighted by atomic mass is 32.2. The van der Waals surface area contributed by atoms with Crippen LogP contribution >= 0.6 is 11.8 Å². The molecule has 3 heterocycles. The Morgan fingerprint density at radius 2 is 2.29 bits per heavy atom. The minimum atomic E-state index is 0.0430. The van der Waals surface area contributed by atoms with Crippen molar-refractivity contribution in [3.8, 4) is 0 Å². The van der Waals surface area contributed by atoms with Gasteiger partial charge in [0.1, 0.15) is 5.82 Å². The van der Waals surface area contributed by atoms with Crippen LogP contribution in [0.4, 0.5) is 0 Å². The Balaban J connectivity index is 1.46. The molecule has 0 radical (unpaired) electrons. The Morgan fingerprint density at radius 1 is 1.33 bits per heavy atom. The molecule has 0 unspecified atom stereocenters. The lowest BCUT2D eigenvalue weighted by molar-refractivity contribution is -0.119. The van der Waals surface area contributed by atoms with Gasteiger partial charge in [0.05, 0.1) is 11.9 Å². The number of nitrogens with one attached hydrogen (secondary N) is 1. The van der Waals surface area contributed by atoms with Gasteiger partial charge in [-0.05, 0) is 25.7 Å². The van der Waals surface area contributed by atoms with Crippen molar-refractivity contribution in [1.82, 2.24) is 20.1 Å². The number of rotatable bonds is 5. The number of thioether (sulfide) groups is 1. The molecule has 1 aromatic rings. The number of amides is 1. The lowest BCUT2D eigenvalue weighted by Gasteiger charge is -2.10. The van der Waals surface area contributed by atoms with Gasteiger partial charge in [-0.1, -0.05) is 18.2 Å². The van der Waals surface area contributed by atoms with E-state index in [0.29, 0.717) is 12.3 Å². The molecule has 1 fully saturated rings. The summed E-state index contributed by atoms with van der Waals surface area (Å²) in [4.78, 5) is 11.9. The van der Waals surface area contributed by atoms with Gasteiger partial charge in [0, 0.05) is 26.1 Å². The third-order valence-electron chi connectivity index (χ3n) is 3.96. The molecular weight excluding hydrogens is 288 g/mol. The standard InChI is InChI=1S/C14H22N4O2S/c19-13(15-9-11-5-4-8-20-11)10-21-14-17-16-12-6-2-1-3-7-18(12)14/h11H,1-10H2,(H,15,19)/t11-/m0/s1. The number of carbonyl (C=O) groups is 1. The van der Waals surface area contributed by atoms with Gasteiger partial charge >= 0.3 is 0 Å². The predicted octanol–water partition coefficient (Wildman–Crippen LogP) is 1.39. The number of hydrogen-bond donors (Lipinski definition) is 1. The Bertz CT molecular complexity index is 485. The Kier molecular flexibility index (Phi) is 5.13. The van der Waals surface area contributed by atoms with Gasteiger partial charge in [0.25, 0.3) is 0 Å². The first-order chi connectivity index (χ1) is 10.3. The molecule has 1 atom stereocenters. The minimum absolute atomic E-state index is 0.0430. The maximum atomic E-state index is 11.9. The van der Waals surface area contributed by atoms with Crippen molar-refractivity contribution in [2.45, 2.75) is 56.3 Å². The van der Waals surface area contributed by atoms with Crippen LogP contribution in [0, 0.1) is 0 Å². The number of ether oxygens (including phenoxy) is 1. The van der Waals surface area contributed by atoms with Crippen LogP contribution in [-0.2, 0) is 22.5 Å². The number of fused-ring (bicyclic) bond motifs is 1. The highest BCUT2D eigenvalue weighted by Crippen LogP contribution is 2.21. The predicted molar refractivity (Wildman–Crippen MR) is 80.3 cm³/mol. The van der Waals surface area contributed by atoms with Crippen LogP contribution in [0.2, 0.25) is 0 Å². The summed E-state index contributed by atoms with van der Waals surface area (Å²) in [6.07, 6.45) is 6.94. The average Bonchev–Trinajstić information content (AvgIpc) is 3.08. The van der Waals surface area contributed by atoms with Crippen molar-refractivity contribution < 1.29 is 9.53 Å². The average molecular weight is 310 g/mol. The Morgan fingerprint density at radius 3 is 3.14 bits per heavy atom. The fourth-order valence-corrected chi connectivity index (χ4v) is 3.59. The first kappa shape index (κ1) is 14.8. The molecule has 1 aromatic heterocycles. The van der Waals surface area contributed by atoms with E-state index in [1.54, 1.807) is 0 Å². The molecule has 2 aliphatic heterocycles. The smallest absolute Gasteiger partial charge is 0.230 e. The van der Waals surface area contributed by atoms with Crippen LogP contribution in [0.5, 0.6) is 0 Å². The van der Waals surface area contributed by atoms with E-state index in [1.807, 2.05) is 0 Å². The highest BCUT2D eigenvalue weighted by molar-refractivity contribution is 7.99. The van der Waals surface area contributed by atoms with Crippen LogP contribution < -0.4 is 5.32 Å². The van der Waals surface area contributed by atoms with Crippen LogP contribution in [0.3, 0.4) is 0 Å². The van der Waals surface area contributed by atoms with E-state index in [2.05, 4.69) is 20.1 Å². The number of nitrogens with zero attached hydrogens (tertiary/aromatic N) is 3. The number of hydrogen-bond acceptors (Lipinski definition) is 5. The molecule has 0 aliphatic carbocycles. The van der Waals surface area contributed by atoms with Gasteiger partial charge in [-0.2, -0.15) is 0 Å². The zero-order valence-corrected chi connectivity index (χ0v) is 13.0. The summed E-state index contributed by atoms with van der Waals surface area (Å²) in [7, 11) is 0. The summed E-state index contributed by atoms with van der Waals surface area (Å²) in [5, 5.41) is 12.3. The maximum Gasteiger partial charge on any atom is 0.230 e. The molecule has 116 valence electrons. The topological polar surface area (TPSA) is 69.0 Å². The maximum absolute atomic E-state index is 11.9. The zero-order chi connectivity index (χ0) is 14.5. The van der Waals surface area contributed by atoms with Crippen molar-refractivity contribution in [3.05, 3.63) is 5.82 Å². The molecule has 1 saturated heterocycles. The third kappa shape index (κ3) is 3.97. The van der Waals surface area contributed by atoms with E-state index >= 15 is 0 Å². The molecule has 3 rings (SSSR count). The van der Waals surface area contributed by atoms with E-state index in [4.69, 9.17) is 4.74 Å². The van der Waals surface area contributed by atoms with E-state index in [0.717, 1.165) is 43.4 Å². The number of aromatic nitrogens is 3. The summed E-state index contributed by atoms with van der Waals surface area (Å²) in [6.45, 7) is 2.42. The number of aryl methyl sites for hydroxylation is 1. The minimum Gasteiger partial charge on any atom is -0.376 e. The van der Waals surface area contributed by atoms with E-state index in [1.165, 1.54) is 31.0 Å². The largest absolute Gasteiger partial charge is 0.376 e. The van der Waals surface area contributed by atoms with Gasteiger partial charge < -0.3 is 14.6 Å². The Labute approximate surface area is 129 Å². The molecule has 6 nitrogen and oxygen atoms in total. The van der Waals surface area contributed by atoms with Gasteiger partial charge in [0.15, 0.2) is 5.16 Å².